The lowest BCUT2D eigenvalue weighted by Gasteiger charge is -2.10. The van der Waals surface area contributed by atoms with Crippen LogP contribution in [-0.4, -0.2) is 20.6 Å². The predicted molar refractivity (Wildman–Crippen MR) is 93.6 cm³/mol. The third kappa shape index (κ3) is 2.92. The molecule has 0 fully saturated rings. The number of aromatic carboxylic acids is 1. The van der Waals surface area contributed by atoms with Crippen molar-refractivity contribution in [3.05, 3.63) is 62.3 Å². The molecule has 0 saturated carbocycles. The van der Waals surface area contributed by atoms with E-state index in [0.29, 0.717) is 21.8 Å². The lowest BCUT2D eigenvalue weighted by Crippen LogP contribution is -2.25. The smallest absolute Gasteiger partial charge is 0.346 e. The summed E-state index contributed by atoms with van der Waals surface area (Å²) in [7, 11) is 0. The Hall–Kier alpha value is -2.98. The van der Waals surface area contributed by atoms with Gasteiger partial charge >= 0.3 is 5.97 Å². The molecule has 3 rings (SSSR count). The number of benzene rings is 1. The van der Waals surface area contributed by atoms with Crippen LogP contribution in [0.1, 0.15) is 26.6 Å². The molecule has 2 aromatic heterocycles. The van der Waals surface area contributed by atoms with E-state index in [1.807, 2.05) is 0 Å². The Balaban J connectivity index is 2.26. The summed E-state index contributed by atoms with van der Waals surface area (Å²) in [6.45, 7) is 1.55. The molecule has 1 N–H and O–H groups in total. The number of hydrogen-bond donors (Lipinski definition) is 1. The molecule has 0 aliphatic carbocycles. The first kappa shape index (κ1) is 16.9. The highest BCUT2D eigenvalue weighted by atomic mass is 32.1. The van der Waals surface area contributed by atoms with Crippen molar-refractivity contribution in [1.29, 1.82) is 0 Å². The van der Waals surface area contributed by atoms with E-state index in [1.54, 1.807) is 25.1 Å². The number of thiophene rings is 1. The monoisotopic (exact) mass is 356 g/mol. The highest BCUT2D eigenvalue weighted by molar-refractivity contribution is 7.20. The van der Waals surface area contributed by atoms with Crippen molar-refractivity contribution in [2.75, 3.05) is 0 Å². The first-order valence-corrected chi connectivity index (χ1v) is 8.18. The largest absolute Gasteiger partial charge is 0.477 e. The van der Waals surface area contributed by atoms with E-state index in [2.05, 4.69) is 10.9 Å². The summed E-state index contributed by atoms with van der Waals surface area (Å²) < 4.78 is 15.2. The molecule has 0 saturated heterocycles. The van der Waals surface area contributed by atoms with E-state index in [1.165, 1.54) is 10.6 Å². The number of nitrogens with zero attached hydrogens (tertiary/aromatic N) is 2. The van der Waals surface area contributed by atoms with Gasteiger partial charge < -0.3 is 5.11 Å². The second kappa shape index (κ2) is 6.49. The van der Waals surface area contributed by atoms with Gasteiger partial charge in [0.1, 0.15) is 21.3 Å². The third-order valence-corrected chi connectivity index (χ3v) is 5.05. The third-order valence-electron chi connectivity index (χ3n) is 3.88. The number of fused-ring (bicyclic) bond motifs is 1. The second-order valence-electron chi connectivity index (χ2n) is 5.43. The minimum Gasteiger partial charge on any atom is -0.477 e. The Labute approximate surface area is 146 Å². The molecule has 5 nitrogen and oxygen atoms in total. The average Bonchev–Trinajstić information content (AvgIpc) is 2.90. The van der Waals surface area contributed by atoms with Crippen molar-refractivity contribution in [2.45, 2.75) is 19.9 Å². The van der Waals surface area contributed by atoms with Crippen LogP contribution < -0.4 is 5.56 Å². The Morgan fingerprint density at radius 3 is 2.80 bits per heavy atom. The van der Waals surface area contributed by atoms with Crippen LogP contribution in [0.4, 0.5) is 4.39 Å². The second-order valence-corrected chi connectivity index (χ2v) is 6.43. The topological polar surface area (TPSA) is 72.2 Å². The van der Waals surface area contributed by atoms with Crippen LogP contribution in [0.3, 0.4) is 0 Å². The zero-order chi connectivity index (χ0) is 18.1. The van der Waals surface area contributed by atoms with Crippen molar-refractivity contribution >= 4 is 27.5 Å². The van der Waals surface area contributed by atoms with E-state index >= 15 is 0 Å². The van der Waals surface area contributed by atoms with Gasteiger partial charge in [-0.15, -0.1) is 17.8 Å². The maximum Gasteiger partial charge on any atom is 0.346 e. The highest BCUT2D eigenvalue weighted by Gasteiger charge is 2.21. The van der Waals surface area contributed by atoms with Gasteiger partial charge in [-0.1, -0.05) is 24.1 Å². The summed E-state index contributed by atoms with van der Waals surface area (Å²) in [4.78, 5) is 28.9. The Morgan fingerprint density at radius 1 is 1.44 bits per heavy atom. The number of halogens is 1. The molecule has 7 heteroatoms. The van der Waals surface area contributed by atoms with Gasteiger partial charge in [0.25, 0.3) is 5.56 Å². The molecule has 0 bridgehead atoms. The van der Waals surface area contributed by atoms with Crippen LogP contribution in [0.2, 0.25) is 0 Å². The highest BCUT2D eigenvalue weighted by Crippen LogP contribution is 2.27. The number of carboxylic acids is 1. The molecule has 3 aromatic rings. The molecule has 0 atom stereocenters. The fraction of sp³-hybridized carbons (Fsp3) is 0.167. The zero-order valence-corrected chi connectivity index (χ0v) is 14.1. The summed E-state index contributed by atoms with van der Waals surface area (Å²) in [6.07, 6.45) is 5.44. The summed E-state index contributed by atoms with van der Waals surface area (Å²) >= 11 is 0.932. The molecule has 25 heavy (non-hydrogen) atoms. The lowest BCUT2D eigenvalue weighted by atomic mass is 10.1. The number of rotatable bonds is 4. The lowest BCUT2D eigenvalue weighted by molar-refractivity contribution is 0.0701. The van der Waals surface area contributed by atoms with Gasteiger partial charge in [0.15, 0.2) is 0 Å². The predicted octanol–water partition coefficient (Wildman–Crippen LogP) is 2.83. The van der Waals surface area contributed by atoms with Gasteiger partial charge in [-0.25, -0.2) is 14.2 Å². The first-order valence-electron chi connectivity index (χ1n) is 7.37. The van der Waals surface area contributed by atoms with Crippen LogP contribution in [-0.2, 0) is 13.0 Å². The molecular weight excluding hydrogens is 343 g/mol. The molecule has 2 heterocycles. The van der Waals surface area contributed by atoms with E-state index in [-0.39, 0.29) is 23.2 Å². The normalized spacial score (nSPS) is 10.8. The van der Waals surface area contributed by atoms with Crippen LogP contribution in [0.15, 0.2) is 29.1 Å². The van der Waals surface area contributed by atoms with Crippen molar-refractivity contribution in [2.24, 2.45) is 0 Å². The van der Waals surface area contributed by atoms with Gasteiger partial charge in [0.2, 0.25) is 0 Å². The molecule has 0 aliphatic rings. The Bertz CT molecular complexity index is 1090. The van der Waals surface area contributed by atoms with Crippen LogP contribution in [0.5, 0.6) is 0 Å². The average molecular weight is 356 g/mol. The van der Waals surface area contributed by atoms with Gasteiger partial charge in [0.05, 0.1) is 11.9 Å². The van der Waals surface area contributed by atoms with Gasteiger partial charge in [-0.2, -0.15) is 0 Å². The van der Waals surface area contributed by atoms with Gasteiger partial charge in [-0.3, -0.25) is 9.36 Å². The minimum atomic E-state index is -1.11. The fourth-order valence-corrected chi connectivity index (χ4v) is 3.69. The van der Waals surface area contributed by atoms with Gasteiger partial charge in [-0.05, 0) is 24.1 Å². The number of aryl methyl sites for hydroxylation is 1. The summed E-state index contributed by atoms with van der Waals surface area (Å²) in [5.74, 6) is 1.18. The van der Waals surface area contributed by atoms with E-state index < -0.39 is 17.3 Å². The van der Waals surface area contributed by atoms with Crippen molar-refractivity contribution in [1.82, 2.24) is 9.55 Å². The van der Waals surface area contributed by atoms with Crippen LogP contribution in [0.25, 0.3) is 10.2 Å². The Kier molecular flexibility index (Phi) is 4.38. The fourth-order valence-electron chi connectivity index (χ4n) is 2.66. The number of carboxylic acid groups (broad SMARTS) is 1. The summed E-state index contributed by atoms with van der Waals surface area (Å²) in [5, 5.41) is 9.51. The van der Waals surface area contributed by atoms with Crippen molar-refractivity contribution < 1.29 is 14.3 Å². The minimum absolute atomic E-state index is 0.0246. The summed E-state index contributed by atoms with van der Waals surface area (Å²) in [5.41, 5.74) is 0.343. The first-order chi connectivity index (χ1) is 11.9. The molecule has 0 spiro atoms. The molecule has 0 aliphatic heterocycles. The quantitative estimate of drug-likeness (QED) is 0.730. The number of carbonyl (C=O) groups is 1. The van der Waals surface area contributed by atoms with Crippen molar-refractivity contribution in [3.8, 4) is 12.3 Å². The van der Waals surface area contributed by atoms with Crippen LogP contribution >= 0.6 is 11.3 Å². The molecule has 0 unspecified atom stereocenters. The number of aromatic nitrogens is 2. The SMILES string of the molecule is C#CCn1c(Cc2ccccc2F)nc2sc(C(=O)O)c(C)c2c1=O. The maximum absolute atomic E-state index is 14.0. The van der Waals surface area contributed by atoms with E-state index in [4.69, 9.17) is 6.42 Å². The van der Waals surface area contributed by atoms with E-state index in [9.17, 15) is 19.1 Å². The van der Waals surface area contributed by atoms with Crippen LogP contribution in [0, 0.1) is 25.1 Å². The zero-order valence-electron chi connectivity index (χ0n) is 13.2. The number of terminal acetylenes is 1. The molecule has 126 valence electrons. The maximum atomic E-state index is 14.0. The number of hydrogen-bond acceptors (Lipinski definition) is 4. The molecule has 1 aromatic carbocycles. The molecular formula is C18H13FN2O3S. The summed E-state index contributed by atoms with van der Waals surface area (Å²) in [6, 6.07) is 6.20. The Morgan fingerprint density at radius 2 is 2.16 bits per heavy atom. The standard InChI is InChI=1S/C18H13FN2O3S/c1-3-8-21-13(9-11-6-4-5-7-12(11)19)20-16-14(17(21)22)10(2)15(25-16)18(23)24/h1,4-7H,8-9H2,2H3,(H,23,24). The van der Waals surface area contributed by atoms with E-state index in [0.717, 1.165) is 11.3 Å². The van der Waals surface area contributed by atoms with Crippen molar-refractivity contribution in [3.63, 3.8) is 0 Å². The van der Waals surface area contributed by atoms with Gasteiger partial charge in [0, 0.05) is 6.42 Å². The molecule has 0 amide bonds. The molecule has 0 radical (unpaired) electrons.